The maximum atomic E-state index is 11.8. The molecule has 0 aromatic heterocycles. The van der Waals surface area contributed by atoms with Crippen molar-refractivity contribution in [3.8, 4) is 5.75 Å². The van der Waals surface area contributed by atoms with Crippen LogP contribution in [0.3, 0.4) is 0 Å². The number of benzene rings is 1. The lowest BCUT2D eigenvalue weighted by Gasteiger charge is -2.43. The van der Waals surface area contributed by atoms with Gasteiger partial charge in [0.1, 0.15) is 11.1 Å². The van der Waals surface area contributed by atoms with Crippen LogP contribution >= 0.6 is 11.6 Å². The highest BCUT2D eigenvalue weighted by atomic mass is 35.5. The van der Waals surface area contributed by atoms with E-state index in [1.54, 1.807) is 31.4 Å². The minimum absolute atomic E-state index is 0.162. The third-order valence-corrected chi connectivity index (χ3v) is 3.99. The first kappa shape index (κ1) is 15.1. The number of nitrogens with zero attached hydrogens (tertiary/aromatic N) is 1. The highest BCUT2D eigenvalue weighted by Crippen LogP contribution is 2.32. The second-order valence-corrected chi connectivity index (χ2v) is 6.48. The van der Waals surface area contributed by atoms with E-state index in [-0.39, 0.29) is 12.5 Å². The summed E-state index contributed by atoms with van der Waals surface area (Å²) in [5, 5.41) is -0.779. The lowest BCUT2D eigenvalue weighted by Crippen LogP contribution is -2.64. The molecule has 0 radical (unpaired) electrons. The van der Waals surface area contributed by atoms with Crippen LogP contribution in [0.15, 0.2) is 24.3 Å². The van der Waals surface area contributed by atoms with E-state index in [0.717, 1.165) is 6.26 Å². The number of anilines is 1. The Kier molecular flexibility index (Phi) is 4.22. The third-order valence-electron chi connectivity index (χ3n) is 2.95. The second-order valence-electron chi connectivity index (χ2n) is 4.36. The topological polar surface area (TPSA) is 72.9 Å². The molecule has 20 heavy (non-hydrogen) atoms. The summed E-state index contributed by atoms with van der Waals surface area (Å²) in [4.78, 5) is 13.2. The van der Waals surface area contributed by atoms with Crippen LogP contribution in [0.5, 0.6) is 5.75 Å². The molecule has 1 aliphatic heterocycles. The van der Waals surface area contributed by atoms with Crippen molar-refractivity contribution in [1.29, 1.82) is 0 Å². The van der Waals surface area contributed by atoms with Crippen molar-refractivity contribution in [2.45, 2.75) is 11.4 Å². The smallest absolute Gasteiger partial charge is 0.264 e. The van der Waals surface area contributed by atoms with Crippen molar-refractivity contribution in [3.63, 3.8) is 0 Å². The number of rotatable bonds is 5. The second kappa shape index (κ2) is 5.59. The van der Waals surface area contributed by atoms with Gasteiger partial charge in [-0.1, -0.05) is 0 Å². The number of ether oxygens (including phenoxy) is 1. The molecule has 1 saturated heterocycles. The molecule has 1 amide bonds. The minimum Gasteiger partial charge on any atom is -0.497 e. The standard InChI is InChI=1S/C12H14ClNO5S/c1-18-9-5-3-8(4-6-9)14-10(11(13)12(14)15)7-19-20(2,16)17/h3-6,10-11H,7H2,1-2H3/t10-,11+/m0/s1. The zero-order valence-corrected chi connectivity index (χ0v) is 12.5. The average Bonchev–Trinajstić information content (AvgIpc) is 2.41. The van der Waals surface area contributed by atoms with Gasteiger partial charge in [0.25, 0.3) is 10.1 Å². The summed E-state index contributed by atoms with van der Waals surface area (Å²) in [6.45, 7) is -0.162. The zero-order chi connectivity index (χ0) is 14.9. The number of hydrogen-bond acceptors (Lipinski definition) is 5. The molecular weight excluding hydrogens is 306 g/mol. The molecule has 1 aliphatic rings. The Bertz CT molecular complexity index is 601. The number of hydrogen-bond donors (Lipinski definition) is 0. The lowest BCUT2D eigenvalue weighted by atomic mass is 10.0. The average molecular weight is 320 g/mol. The molecule has 0 unspecified atom stereocenters. The van der Waals surface area contributed by atoms with Crippen LogP contribution in [0.4, 0.5) is 5.69 Å². The molecule has 6 nitrogen and oxygen atoms in total. The number of amides is 1. The predicted molar refractivity (Wildman–Crippen MR) is 74.7 cm³/mol. The molecule has 0 aliphatic carbocycles. The van der Waals surface area contributed by atoms with Crippen LogP contribution in [-0.4, -0.2) is 45.7 Å². The Morgan fingerprint density at radius 3 is 2.40 bits per heavy atom. The van der Waals surface area contributed by atoms with E-state index in [4.69, 9.17) is 20.5 Å². The molecule has 110 valence electrons. The number of halogens is 1. The summed E-state index contributed by atoms with van der Waals surface area (Å²) in [5.74, 6) is 0.381. The summed E-state index contributed by atoms with van der Waals surface area (Å²) in [7, 11) is -2.03. The van der Waals surface area contributed by atoms with Crippen LogP contribution in [0.25, 0.3) is 0 Å². The van der Waals surface area contributed by atoms with Gasteiger partial charge in [0, 0.05) is 5.69 Å². The van der Waals surface area contributed by atoms with Gasteiger partial charge in [0.05, 0.1) is 26.0 Å². The fourth-order valence-electron chi connectivity index (χ4n) is 1.92. The normalized spacial score (nSPS) is 22.6. The Hall–Kier alpha value is -1.31. The first-order valence-electron chi connectivity index (χ1n) is 5.79. The Labute approximate surface area is 122 Å². The van der Waals surface area contributed by atoms with E-state index in [1.807, 2.05) is 0 Å². The number of β-lactam (4-membered cyclic amide) rings is 1. The van der Waals surface area contributed by atoms with E-state index in [1.165, 1.54) is 4.90 Å². The molecule has 2 rings (SSSR count). The molecule has 8 heteroatoms. The minimum atomic E-state index is -3.57. The number of methoxy groups -OCH3 is 1. The predicted octanol–water partition coefficient (Wildman–Crippen LogP) is 0.994. The van der Waals surface area contributed by atoms with Crippen molar-refractivity contribution in [1.82, 2.24) is 0 Å². The van der Waals surface area contributed by atoms with Crippen molar-refractivity contribution >= 4 is 33.3 Å². The molecule has 0 saturated carbocycles. The van der Waals surface area contributed by atoms with Gasteiger partial charge in [-0.15, -0.1) is 11.6 Å². The molecular formula is C12H14ClNO5S. The molecule has 0 N–H and O–H groups in total. The van der Waals surface area contributed by atoms with Gasteiger partial charge in [0.15, 0.2) is 0 Å². The van der Waals surface area contributed by atoms with Gasteiger partial charge >= 0.3 is 0 Å². The van der Waals surface area contributed by atoms with Crippen molar-refractivity contribution < 1.29 is 22.1 Å². The molecule has 0 spiro atoms. The number of alkyl halides is 1. The quantitative estimate of drug-likeness (QED) is 0.460. The maximum Gasteiger partial charge on any atom is 0.264 e. The Morgan fingerprint density at radius 2 is 1.90 bits per heavy atom. The van der Waals surface area contributed by atoms with Crippen molar-refractivity contribution in [2.24, 2.45) is 0 Å². The highest BCUT2D eigenvalue weighted by molar-refractivity contribution is 7.85. The zero-order valence-electron chi connectivity index (χ0n) is 10.9. The lowest BCUT2D eigenvalue weighted by molar-refractivity contribution is -0.124. The summed E-state index contributed by atoms with van der Waals surface area (Å²) in [6.07, 6.45) is 0.953. The molecule has 1 aromatic carbocycles. The van der Waals surface area contributed by atoms with Crippen LogP contribution in [-0.2, 0) is 19.1 Å². The van der Waals surface area contributed by atoms with E-state index in [9.17, 15) is 13.2 Å². The first-order chi connectivity index (χ1) is 9.33. The molecule has 1 fully saturated rings. The summed E-state index contributed by atoms with van der Waals surface area (Å²) >= 11 is 5.91. The van der Waals surface area contributed by atoms with Gasteiger partial charge in [0.2, 0.25) is 5.91 Å². The van der Waals surface area contributed by atoms with Crippen LogP contribution in [0, 0.1) is 0 Å². The highest BCUT2D eigenvalue weighted by Gasteiger charge is 2.47. The number of carbonyl (C=O) groups is 1. The van der Waals surface area contributed by atoms with Crippen LogP contribution < -0.4 is 9.64 Å². The van der Waals surface area contributed by atoms with E-state index >= 15 is 0 Å². The third kappa shape index (κ3) is 3.05. The van der Waals surface area contributed by atoms with Crippen LogP contribution in [0.2, 0.25) is 0 Å². The van der Waals surface area contributed by atoms with Gasteiger partial charge in [-0.05, 0) is 24.3 Å². The van der Waals surface area contributed by atoms with Gasteiger partial charge in [-0.2, -0.15) is 8.42 Å². The Balaban J connectivity index is 2.13. The van der Waals surface area contributed by atoms with Crippen molar-refractivity contribution in [2.75, 3.05) is 24.9 Å². The van der Waals surface area contributed by atoms with E-state index < -0.39 is 21.5 Å². The largest absolute Gasteiger partial charge is 0.497 e. The molecule has 1 heterocycles. The molecule has 1 aromatic rings. The summed E-state index contributed by atoms with van der Waals surface area (Å²) in [5.41, 5.74) is 0.620. The monoisotopic (exact) mass is 319 g/mol. The summed E-state index contributed by atoms with van der Waals surface area (Å²) < 4.78 is 31.8. The fourth-order valence-corrected chi connectivity index (χ4v) is 2.60. The SMILES string of the molecule is COc1ccc(N2C(=O)[C@H](Cl)[C@@H]2COS(C)(=O)=O)cc1. The Morgan fingerprint density at radius 1 is 1.30 bits per heavy atom. The van der Waals surface area contributed by atoms with E-state index in [2.05, 4.69) is 0 Å². The van der Waals surface area contributed by atoms with Crippen molar-refractivity contribution in [3.05, 3.63) is 24.3 Å². The van der Waals surface area contributed by atoms with Gasteiger partial charge < -0.3 is 9.64 Å². The number of carbonyl (C=O) groups excluding carboxylic acids is 1. The van der Waals surface area contributed by atoms with Gasteiger partial charge in [-0.3, -0.25) is 8.98 Å². The molecule has 0 bridgehead atoms. The fraction of sp³-hybridized carbons (Fsp3) is 0.417. The molecule has 2 atom stereocenters. The maximum absolute atomic E-state index is 11.8. The first-order valence-corrected chi connectivity index (χ1v) is 8.04. The van der Waals surface area contributed by atoms with Crippen LogP contribution in [0.1, 0.15) is 0 Å². The summed E-state index contributed by atoms with van der Waals surface area (Å²) in [6, 6.07) is 6.31. The van der Waals surface area contributed by atoms with E-state index in [0.29, 0.717) is 11.4 Å². The van der Waals surface area contributed by atoms with Gasteiger partial charge in [-0.25, -0.2) is 0 Å².